The van der Waals surface area contributed by atoms with Crippen molar-refractivity contribution >= 4 is 17.1 Å². The van der Waals surface area contributed by atoms with E-state index >= 15 is 0 Å². The number of hydrogen-bond acceptors (Lipinski definition) is 2. The topological polar surface area (TPSA) is 50.2 Å². The zero-order chi connectivity index (χ0) is 14.4. The summed E-state index contributed by atoms with van der Waals surface area (Å²) in [5, 5.41) is 0. The quantitative estimate of drug-likeness (QED) is 0.938. The number of amides is 2. The highest BCUT2D eigenvalue weighted by Crippen LogP contribution is 2.46. The molecule has 2 aliphatic rings. The molecule has 4 rings (SSSR count). The standard InChI is InChI=1S/C16H20N4O/c1-19(15(11-6-7-11)12-8-9-12)16(21)18-20-10-17-13-4-2-3-5-14(13)20/h2-5,10-12,15H,6-9H2,1H3,(H,18,21). The van der Waals surface area contributed by atoms with Crippen molar-refractivity contribution in [3.05, 3.63) is 30.6 Å². The molecular weight excluding hydrogens is 264 g/mol. The number of imidazole rings is 1. The van der Waals surface area contributed by atoms with E-state index in [4.69, 9.17) is 0 Å². The third kappa shape index (κ3) is 2.37. The maximum Gasteiger partial charge on any atom is 0.336 e. The number of para-hydroxylation sites is 2. The summed E-state index contributed by atoms with van der Waals surface area (Å²) < 4.78 is 1.71. The summed E-state index contributed by atoms with van der Waals surface area (Å²) in [4.78, 5) is 18.7. The van der Waals surface area contributed by atoms with Crippen LogP contribution in [0.2, 0.25) is 0 Å². The van der Waals surface area contributed by atoms with E-state index in [-0.39, 0.29) is 6.03 Å². The van der Waals surface area contributed by atoms with Gasteiger partial charge in [0.1, 0.15) is 6.33 Å². The number of rotatable bonds is 4. The minimum atomic E-state index is -0.0399. The first-order chi connectivity index (χ1) is 10.2. The lowest BCUT2D eigenvalue weighted by atomic mass is 10.1. The highest BCUT2D eigenvalue weighted by atomic mass is 16.2. The third-order valence-corrected chi connectivity index (χ3v) is 4.65. The normalized spacial score (nSPS) is 18.2. The van der Waals surface area contributed by atoms with Crippen LogP contribution in [0, 0.1) is 11.8 Å². The summed E-state index contributed by atoms with van der Waals surface area (Å²) in [6.07, 6.45) is 6.75. The zero-order valence-corrected chi connectivity index (χ0v) is 12.2. The van der Waals surface area contributed by atoms with Gasteiger partial charge in [0.2, 0.25) is 0 Å². The zero-order valence-electron chi connectivity index (χ0n) is 12.2. The van der Waals surface area contributed by atoms with Crippen molar-refractivity contribution in [3.8, 4) is 0 Å². The Morgan fingerprint density at radius 2 is 1.95 bits per heavy atom. The highest BCUT2D eigenvalue weighted by molar-refractivity contribution is 5.85. The molecule has 110 valence electrons. The van der Waals surface area contributed by atoms with Crippen molar-refractivity contribution in [1.82, 2.24) is 14.6 Å². The third-order valence-electron chi connectivity index (χ3n) is 4.65. The van der Waals surface area contributed by atoms with Crippen LogP contribution < -0.4 is 5.43 Å². The van der Waals surface area contributed by atoms with Gasteiger partial charge in [0.15, 0.2) is 0 Å². The molecule has 2 aromatic rings. The molecule has 2 aliphatic carbocycles. The summed E-state index contributed by atoms with van der Waals surface area (Å²) in [5.41, 5.74) is 4.77. The van der Waals surface area contributed by atoms with E-state index in [1.54, 1.807) is 11.0 Å². The monoisotopic (exact) mass is 284 g/mol. The van der Waals surface area contributed by atoms with E-state index in [0.717, 1.165) is 11.0 Å². The molecule has 5 heteroatoms. The number of fused-ring (bicyclic) bond motifs is 1. The van der Waals surface area contributed by atoms with Gasteiger partial charge < -0.3 is 4.90 Å². The Balaban J connectivity index is 1.52. The van der Waals surface area contributed by atoms with Gasteiger partial charge in [-0.1, -0.05) is 12.1 Å². The van der Waals surface area contributed by atoms with Crippen molar-refractivity contribution in [2.75, 3.05) is 12.5 Å². The molecule has 0 unspecified atom stereocenters. The van der Waals surface area contributed by atoms with Gasteiger partial charge in [0.05, 0.1) is 11.0 Å². The van der Waals surface area contributed by atoms with E-state index in [1.165, 1.54) is 25.7 Å². The second kappa shape index (κ2) is 4.76. The molecule has 21 heavy (non-hydrogen) atoms. The van der Waals surface area contributed by atoms with E-state index in [0.29, 0.717) is 17.9 Å². The average Bonchev–Trinajstić information content (AvgIpc) is 3.41. The highest BCUT2D eigenvalue weighted by Gasteiger charge is 2.45. The van der Waals surface area contributed by atoms with Crippen LogP contribution in [-0.2, 0) is 0 Å². The molecule has 0 aliphatic heterocycles. The van der Waals surface area contributed by atoms with Crippen molar-refractivity contribution in [2.45, 2.75) is 31.7 Å². The number of nitrogens with one attached hydrogen (secondary N) is 1. The Hall–Kier alpha value is -2.04. The molecule has 1 aromatic carbocycles. The van der Waals surface area contributed by atoms with Gasteiger partial charge in [-0.05, 0) is 49.7 Å². The largest absolute Gasteiger partial charge is 0.336 e. The average molecular weight is 284 g/mol. The van der Waals surface area contributed by atoms with Crippen LogP contribution in [0.25, 0.3) is 11.0 Å². The molecule has 1 aromatic heterocycles. The fourth-order valence-electron chi connectivity index (χ4n) is 3.26. The summed E-state index contributed by atoms with van der Waals surface area (Å²) in [5.74, 6) is 1.43. The number of urea groups is 1. The van der Waals surface area contributed by atoms with Crippen molar-refractivity contribution in [3.63, 3.8) is 0 Å². The minimum absolute atomic E-state index is 0.0399. The van der Waals surface area contributed by atoms with E-state index < -0.39 is 0 Å². The molecule has 1 N–H and O–H groups in total. The Kier molecular flexibility index (Phi) is 2.87. The molecule has 5 nitrogen and oxygen atoms in total. The van der Waals surface area contributed by atoms with Crippen molar-refractivity contribution in [1.29, 1.82) is 0 Å². The van der Waals surface area contributed by atoms with E-state index in [2.05, 4.69) is 10.4 Å². The first kappa shape index (κ1) is 12.7. The Morgan fingerprint density at radius 1 is 1.29 bits per heavy atom. The maximum absolute atomic E-state index is 12.5. The van der Waals surface area contributed by atoms with Crippen LogP contribution in [0.3, 0.4) is 0 Å². The molecule has 0 atom stereocenters. The lowest BCUT2D eigenvalue weighted by Gasteiger charge is -2.28. The maximum atomic E-state index is 12.5. The SMILES string of the molecule is CN(C(=O)Nn1cnc2ccccc21)C(C1CC1)C1CC1. The van der Waals surface area contributed by atoms with Crippen molar-refractivity contribution < 1.29 is 4.79 Å². The van der Waals surface area contributed by atoms with Gasteiger partial charge in [-0.2, -0.15) is 0 Å². The molecule has 1 heterocycles. The van der Waals surface area contributed by atoms with Crippen LogP contribution in [0.1, 0.15) is 25.7 Å². The number of hydrogen-bond donors (Lipinski definition) is 1. The van der Waals surface area contributed by atoms with E-state index in [1.807, 2.05) is 36.2 Å². The van der Waals surface area contributed by atoms with Crippen LogP contribution in [-0.4, -0.2) is 33.7 Å². The van der Waals surface area contributed by atoms with Gasteiger partial charge in [0.25, 0.3) is 0 Å². The number of benzene rings is 1. The molecular formula is C16H20N4O. The molecule has 0 radical (unpaired) electrons. The first-order valence-electron chi connectivity index (χ1n) is 7.70. The molecule has 2 amide bonds. The molecule has 0 saturated heterocycles. The summed E-state index contributed by atoms with van der Waals surface area (Å²) in [6, 6.07) is 8.18. The van der Waals surface area contributed by atoms with Crippen LogP contribution in [0.4, 0.5) is 4.79 Å². The smallest absolute Gasteiger partial charge is 0.323 e. The summed E-state index contributed by atoms with van der Waals surface area (Å²) >= 11 is 0. The molecule has 0 spiro atoms. The Bertz CT molecular complexity index is 660. The van der Waals surface area contributed by atoms with Crippen LogP contribution >= 0.6 is 0 Å². The number of carbonyl (C=O) groups is 1. The Morgan fingerprint density at radius 3 is 2.62 bits per heavy atom. The first-order valence-corrected chi connectivity index (χ1v) is 7.70. The number of carbonyl (C=O) groups excluding carboxylic acids is 1. The fourth-order valence-corrected chi connectivity index (χ4v) is 3.26. The summed E-state index contributed by atoms with van der Waals surface area (Å²) in [7, 11) is 1.93. The number of aromatic nitrogens is 2. The van der Waals surface area contributed by atoms with Gasteiger partial charge in [-0.15, -0.1) is 0 Å². The minimum Gasteiger partial charge on any atom is -0.323 e. The van der Waals surface area contributed by atoms with Crippen molar-refractivity contribution in [2.24, 2.45) is 11.8 Å². The van der Waals surface area contributed by atoms with Gasteiger partial charge in [-0.3, -0.25) is 0 Å². The fraction of sp³-hybridized carbons (Fsp3) is 0.500. The van der Waals surface area contributed by atoms with Gasteiger partial charge >= 0.3 is 6.03 Å². The van der Waals surface area contributed by atoms with E-state index in [9.17, 15) is 4.79 Å². The predicted octanol–water partition coefficient (Wildman–Crippen LogP) is 2.82. The molecule has 2 saturated carbocycles. The summed E-state index contributed by atoms with van der Waals surface area (Å²) in [6.45, 7) is 0. The predicted molar refractivity (Wildman–Crippen MR) is 81.5 cm³/mol. The van der Waals surface area contributed by atoms with Crippen LogP contribution in [0.5, 0.6) is 0 Å². The molecule has 0 bridgehead atoms. The lowest BCUT2D eigenvalue weighted by molar-refractivity contribution is 0.184. The van der Waals surface area contributed by atoms with Gasteiger partial charge in [0, 0.05) is 13.1 Å². The van der Waals surface area contributed by atoms with Gasteiger partial charge in [-0.25, -0.2) is 19.9 Å². The van der Waals surface area contributed by atoms with Crippen LogP contribution in [0.15, 0.2) is 30.6 Å². The second-order valence-electron chi connectivity index (χ2n) is 6.30. The number of nitrogens with zero attached hydrogens (tertiary/aromatic N) is 3. The molecule has 2 fully saturated rings. The Labute approximate surface area is 123 Å². The second-order valence-corrected chi connectivity index (χ2v) is 6.30. The lowest BCUT2D eigenvalue weighted by Crippen LogP contribution is -2.44.